The Bertz CT molecular complexity index is 699. The van der Waals surface area contributed by atoms with Gasteiger partial charge >= 0.3 is 0 Å². The van der Waals surface area contributed by atoms with Gasteiger partial charge < -0.3 is 9.80 Å². The first kappa shape index (κ1) is 15.7. The Hall–Kier alpha value is -2.14. The Morgan fingerprint density at radius 2 is 1.96 bits per heavy atom. The van der Waals surface area contributed by atoms with Crippen LogP contribution in [-0.2, 0) is 6.42 Å². The van der Waals surface area contributed by atoms with Gasteiger partial charge in [0.25, 0.3) is 5.91 Å². The number of likely N-dealkylation sites (N-methyl/N-ethyl adjacent to an activating group) is 1. The molecule has 23 heavy (non-hydrogen) atoms. The average molecular weight is 313 g/mol. The molecule has 3 rings (SSSR count). The molecule has 0 bridgehead atoms. The quantitative estimate of drug-likeness (QED) is 0.907. The molecule has 5 nitrogen and oxygen atoms in total. The lowest BCUT2D eigenvalue weighted by molar-refractivity contribution is -0.883. The van der Waals surface area contributed by atoms with Crippen LogP contribution in [0.15, 0.2) is 30.5 Å². The fourth-order valence-electron chi connectivity index (χ4n) is 3.16. The lowest BCUT2D eigenvalue weighted by atomic mass is 10.1. The Morgan fingerprint density at radius 3 is 2.61 bits per heavy atom. The highest BCUT2D eigenvalue weighted by molar-refractivity contribution is 5.95. The number of piperazine rings is 1. The van der Waals surface area contributed by atoms with E-state index in [-0.39, 0.29) is 5.91 Å². The summed E-state index contributed by atoms with van der Waals surface area (Å²) in [7, 11) is 2.18. The first-order valence-electron chi connectivity index (χ1n) is 8.35. The molecule has 2 aromatic rings. The van der Waals surface area contributed by atoms with Gasteiger partial charge in [-0.1, -0.05) is 25.1 Å². The van der Waals surface area contributed by atoms with Crippen LogP contribution in [0.1, 0.15) is 28.5 Å². The highest BCUT2D eigenvalue weighted by Crippen LogP contribution is 2.20. The van der Waals surface area contributed by atoms with Crippen molar-refractivity contribution in [2.75, 3.05) is 33.2 Å². The number of carbonyl (C=O) groups is 1. The van der Waals surface area contributed by atoms with Crippen molar-refractivity contribution in [2.45, 2.75) is 20.3 Å². The Balaban J connectivity index is 1.92. The van der Waals surface area contributed by atoms with E-state index in [1.54, 1.807) is 6.20 Å². The van der Waals surface area contributed by atoms with E-state index in [0.29, 0.717) is 0 Å². The van der Waals surface area contributed by atoms with Crippen molar-refractivity contribution < 1.29 is 9.69 Å². The fourth-order valence-corrected chi connectivity index (χ4v) is 3.16. The van der Waals surface area contributed by atoms with Crippen LogP contribution < -0.4 is 4.90 Å². The molecule has 0 unspecified atom stereocenters. The first-order chi connectivity index (χ1) is 11.1. The first-order valence-corrected chi connectivity index (χ1v) is 8.35. The number of nitrogens with one attached hydrogen (secondary N) is 1. The summed E-state index contributed by atoms with van der Waals surface area (Å²) in [4.78, 5) is 16.3. The van der Waals surface area contributed by atoms with Gasteiger partial charge in [0.15, 0.2) is 0 Å². The summed E-state index contributed by atoms with van der Waals surface area (Å²) in [6.07, 6.45) is 2.52. The van der Waals surface area contributed by atoms with Crippen LogP contribution in [-0.4, -0.2) is 53.8 Å². The minimum absolute atomic E-state index is 0.120. The number of aryl methyl sites for hydroxylation is 1. The van der Waals surface area contributed by atoms with E-state index >= 15 is 0 Å². The molecule has 1 fully saturated rings. The van der Waals surface area contributed by atoms with Gasteiger partial charge in [0, 0.05) is 0 Å². The fraction of sp³-hybridized carbons (Fsp3) is 0.444. The van der Waals surface area contributed by atoms with Crippen LogP contribution in [0, 0.1) is 6.92 Å². The van der Waals surface area contributed by atoms with Gasteiger partial charge in [0.1, 0.15) is 0 Å². The van der Waals surface area contributed by atoms with Crippen LogP contribution in [0.25, 0.3) is 5.69 Å². The second-order valence-corrected chi connectivity index (χ2v) is 6.31. The summed E-state index contributed by atoms with van der Waals surface area (Å²) in [6.45, 7) is 7.82. The summed E-state index contributed by atoms with van der Waals surface area (Å²) < 4.78 is 1.92. The molecule has 0 aliphatic carbocycles. The molecule has 0 saturated carbocycles. The molecule has 1 saturated heterocycles. The van der Waals surface area contributed by atoms with E-state index in [4.69, 9.17) is 0 Å². The number of rotatable bonds is 3. The topological polar surface area (TPSA) is 42.6 Å². The third-order valence-corrected chi connectivity index (χ3v) is 4.68. The van der Waals surface area contributed by atoms with E-state index in [2.05, 4.69) is 38.1 Å². The molecular weight excluding hydrogens is 288 g/mol. The number of quaternary nitrogens is 1. The monoisotopic (exact) mass is 313 g/mol. The van der Waals surface area contributed by atoms with Gasteiger partial charge in [-0.15, -0.1) is 0 Å². The number of para-hydroxylation sites is 1. The van der Waals surface area contributed by atoms with Crippen molar-refractivity contribution >= 4 is 5.91 Å². The van der Waals surface area contributed by atoms with Gasteiger partial charge in [-0.05, 0) is 25.0 Å². The van der Waals surface area contributed by atoms with Crippen molar-refractivity contribution in [3.8, 4) is 5.69 Å². The maximum atomic E-state index is 12.9. The third kappa shape index (κ3) is 3.01. The van der Waals surface area contributed by atoms with E-state index in [1.807, 2.05) is 21.7 Å². The van der Waals surface area contributed by atoms with Gasteiger partial charge in [-0.3, -0.25) is 4.79 Å². The van der Waals surface area contributed by atoms with Gasteiger partial charge in [-0.25, -0.2) is 4.68 Å². The van der Waals surface area contributed by atoms with Crippen molar-refractivity contribution in [1.29, 1.82) is 0 Å². The van der Waals surface area contributed by atoms with Crippen LogP contribution >= 0.6 is 0 Å². The molecule has 1 aliphatic heterocycles. The lowest BCUT2D eigenvalue weighted by Gasteiger charge is -2.30. The molecule has 5 heteroatoms. The highest BCUT2D eigenvalue weighted by Gasteiger charge is 2.26. The van der Waals surface area contributed by atoms with Gasteiger partial charge in [-0.2, -0.15) is 5.10 Å². The normalized spacial score (nSPS) is 15.9. The van der Waals surface area contributed by atoms with E-state index < -0.39 is 0 Å². The predicted molar refractivity (Wildman–Crippen MR) is 90.2 cm³/mol. The molecule has 1 aromatic carbocycles. The third-order valence-electron chi connectivity index (χ3n) is 4.68. The molecule has 1 amide bonds. The number of nitrogens with zero attached hydrogens (tertiary/aromatic N) is 3. The molecule has 122 valence electrons. The molecule has 0 spiro atoms. The van der Waals surface area contributed by atoms with Crippen molar-refractivity contribution in [3.63, 3.8) is 0 Å². The molecular formula is C18H25N4O+. The lowest BCUT2D eigenvalue weighted by Crippen LogP contribution is -3.12. The largest absolute Gasteiger partial charge is 0.334 e. The van der Waals surface area contributed by atoms with Crippen LogP contribution in [0.2, 0.25) is 0 Å². The van der Waals surface area contributed by atoms with Crippen molar-refractivity contribution in [2.24, 2.45) is 0 Å². The molecule has 1 aliphatic rings. The molecule has 0 radical (unpaired) electrons. The predicted octanol–water partition coefficient (Wildman–Crippen LogP) is 0.714. The van der Waals surface area contributed by atoms with Crippen LogP contribution in [0.4, 0.5) is 0 Å². The number of benzene rings is 1. The van der Waals surface area contributed by atoms with Gasteiger partial charge in [0.05, 0.1) is 56.4 Å². The summed E-state index contributed by atoms with van der Waals surface area (Å²) in [6, 6.07) is 8.15. The smallest absolute Gasteiger partial charge is 0.257 e. The Kier molecular flexibility index (Phi) is 4.48. The van der Waals surface area contributed by atoms with Crippen molar-refractivity contribution in [1.82, 2.24) is 14.7 Å². The zero-order valence-corrected chi connectivity index (χ0v) is 14.2. The van der Waals surface area contributed by atoms with E-state index in [0.717, 1.165) is 55.1 Å². The number of amides is 1. The molecule has 2 heterocycles. The summed E-state index contributed by atoms with van der Waals surface area (Å²) in [5.41, 5.74) is 3.95. The Morgan fingerprint density at radius 1 is 1.26 bits per heavy atom. The standard InChI is InChI=1S/C18H24N4O/c1-4-16-15(18(23)21-11-9-20(3)10-12-21)13-19-22(16)17-8-6-5-7-14(17)2/h5-8,13H,4,9-12H2,1-3H3/p+1. The Labute approximate surface area is 137 Å². The van der Waals surface area contributed by atoms with Crippen LogP contribution in [0.5, 0.6) is 0 Å². The number of carbonyl (C=O) groups excluding carboxylic acids is 1. The maximum absolute atomic E-state index is 12.9. The maximum Gasteiger partial charge on any atom is 0.257 e. The summed E-state index contributed by atoms with van der Waals surface area (Å²) in [5.74, 6) is 0.120. The minimum atomic E-state index is 0.120. The highest BCUT2D eigenvalue weighted by atomic mass is 16.2. The van der Waals surface area contributed by atoms with Crippen molar-refractivity contribution in [3.05, 3.63) is 47.3 Å². The molecule has 1 aromatic heterocycles. The SMILES string of the molecule is CCc1c(C(=O)N2CC[NH+](C)CC2)cnn1-c1ccccc1C. The van der Waals surface area contributed by atoms with E-state index in [1.165, 1.54) is 4.90 Å². The number of hydrogen-bond donors (Lipinski definition) is 1. The second-order valence-electron chi connectivity index (χ2n) is 6.31. The second kappa shape index (κ2) is 6.54. The van der Waals surface area contributed by atoms with Crippen LogP contribution in [0.3, 0.4) is 0 Å². The number of aromatic nitrogens is 2. The zero-order valence-electron chi connectivity index (χ0n) is 14.2. The number of hydrogen-bond acceptors (Lipinski definition) is 2. The average Bonchev–Trinajstić information content (AvgIpc) is 2.99. The molecule has 0 atom stereocenters. The van der Waals surface area contributed by atoms with Gasteiger partial charge in [0.2, 0.25) is 0 Å². The summed E-state index contributed by atoms with van der Waals surface area (Å²) in [5, 5.41) is 4.51. The summed E-state index contributed by atoms with van der Waals surface area (Å²) >= 11 is 0. The minimum Gasteiger partial charge on any atom is -0.334 e. The zero-order chi connectivity index (χ0) is 16.4. The van der Waals surface area contributed by atoms with E-state index in [9.17, 15) is 4.79 Å². The molecule has 1 N–H and O–H groups in total.